The molecular weight excluding hydrogens is 228 g/mol. The van der Waals surface area contributed by atoms with Crippen LogP contribution in [0, 0.1) is 6.92 Å². The average molecular weight is 258 g/mol. The Labute approximate surface area is 119 Å². The van der Waals surface area contributed by atoms with E-state index in [0.29, 0.717) is 0 Å². The third kappa shape index (κ3) is 5.38. The topological polar surface area (TPSA) is 0 Å². The molecule has 0 aromatic heterocycles. The Morgan fingerprint density at radius 2 is 1.26 bits per heavy atom. The molecule has 0 nitrogen and oxygen atoms in total. The van der Waals surface area contributed by atoms with Crippen molar-refractivity contribution in [2.75, 3.05) is 0 Å². The second-order valence-corrected chi connectivity index (χ2v) is 6.37. The second kappa shape index (κ2) is 8.40. The Balaban J connectivity index is 1.94. The van der Waals surface area contributed by atoms with E-state index in [2.05, 4.69) is 31.2 Å². The summed E-state index contributed by atoms with van der Waals surface area (Å²) in [5, 5.41) is 0. The monoisotopic (exact) mass is 258 g/mol. The zero-order valence-corrected chi connectivity index (χ0v) is 12.7. The summed E-state index contributed by atoms with van der Waals surface area (Å²) in [5.74, 6) is 0.819. The molecule has 1 fully saturated rings. The van der Waals surface area contributed by atoms with E-state index in [-0.39, 0.29) is 0 Å². The fourth-order valence-electron chi connectivity index (χ4n) is 3.42. The molecular formula is C19H30. The van der Waals surface area contributed by atoms with E-state index in [9.17, 15) is 0 Å². The molecule has 1 aliphatic carbocycles. The number of hydrogen-bond acceptors (Lipinski definition) is 0. The highest BCUT2D eigenvalue weighted by Gasteiger charge is 2.11. The summed E-state index contributed by atoms with van der Waals surface area (Å²) in [5.41, 5.74) is 3.01. The van der Waals surface area contributed by atoms with Crippen LogP contribution in [0.15, 0.2) is 24.3 Å². The normalized spacial score (nSPS) is 20.5. The number of rotatable bonds is 1. The molecule has 0 N–H and O–H groups in total. The van der Waals surface area contributed by atoms with Crippen LogP contribution in [-0.2, 0) is 0 Å². The molecule has 1 aromatic rings. The lowest BCUT2D eigenvalue weighted by Gasteiger charge is -2.19. The Morgan fingerprint density at radius 3 is 1.79 bits per heavy atom. The standard InChI is InChI=1S/C19H30/c1-17-12-11-15-19(16-17)18-13-9-7-5-3-2-4-6-8-10-14-18/h11-12,15-16,18H,2-10,13-14H2,1H3. The van der Waals surface area contributed by atoms with Crippen LogP contribution in [0.3, 0.4) is 0 Å². The molecule has 0 saturated heterocycles. The van der Waals surface area contributed by atoms with Gasteiger partial charge < -0.3 is 0 Å². The van der Waals surface area contributed by atoms with Crippen LogP contribution >= 0.6 is 0 Å². The van der Waals surface area contributed by atoms with Crippen LogP contribution in [0.4, 0.5) is 0 Å². The number of hydrogen-bond donors (Lipinski definition) is 0. The molecule has 1 saturated carbocycles. The molecule has 0 bridgehead atoms. The quantitative estimate of drug-likeness (QED) is 0.548. The molecule has 0 aliphatic heterocycles. The summed E-state index contributed by atoms with van der Waals surface area (Å²) in [6, 6.07) is 9.22. The second-order valence-electron chi connectivity index (χ2n) is 6.37. The summed E-state index contributed by atoms with van der Waals surface area (Å²) in [4.78, 5) is 0. The van der Waals surface area contributed by atoms with E-state index < -0.39 is 0 Å². The molecule has 0 radical (unpaired) electrons. The summed E-state index contributed by atoms with van der Waals surface area (Å²) in [6.45, 7) is 2.22. The van der Waals surface area contributed by atoms with Crippen molar-refractivity contribution >= 4 is 0 Å². The molecule has 1 aliphatic rings. The SMILES string of the molecule is Cc1cccc(C2CCCCCCCCCCC2)c1. The average Bonchev–Trinajstić information content (AvgIpc) is 2.39. The third-order valence-corrected chi connectivity index (χ3v) is 4.62. The molecule has 19 heavy (non-hydrogen) atoms. The molecule has 0 atom stereocenters. The van der Waals surface area contributed by atoms with Gasteiger partial charge in [0, 0.05) is 0 Å². The van der Waals surface area contributed by atoms with Crippen molar-refractivity contribution in [1.29, 1.82) is 0 Å². The van der Waals surface area contributed by atoms with Crippen molar-refractivity contribution in [2.45, 2.75) is 83.5 Å². The number of benzene rings is 1. The van der Waals surface area contributed by atoms with Crippen LogP contribution < -0.4 is 0 Å². The largest absolute Gasteiger partial charge is 0.0617 e. The minimum absolute atomic E-state index is 0.819. The van der Waals surface area contributed by atoms with Gasteiger partial charge in [-0.15, -0.1) is 0 Å². The Hall–Kier alpha value is -0.780. The van der Waals surface area contributed by atoms with Crippen molar-refractivity contribution < 1.29 is 0 Å². The zero-order valence-electron chi connectivity index (χ0n) is 12.7. The first-order chi connectivity index (χ1) is 9.36. The lowest BCUT2D eigenvalue weighted by molar-refractivity contribution is 0.467. The molecule has 1 aromatic carbocycles. The maximum Gasteiger partial charge on any atom is -0.0162 e. The molecule has 0 heterocycles. The van der Waals surface area contributed by atoms with E-state index in [4.69, 9.17) is 0 Å². The molecule has 0 spiro atoms. The van der Waals surface area contributed by atoms with Gasteiger partial charge in [0.05, 0.1) is 0 Å². The van der Waals surface area contributed by atoms with Gasteiger partial charge >= 0.3 is 0 Å². The third-order valence-electron chi connectivity index (χ3n) is 4.62. The van der Waals surface area contributed by atoms with Gasteiger partial charge in [-0.25, -0.2) is 0 Å². The van der Waals surface area contributed by atoms with Crippen LogP contribution in [-0.4, -0.2) is 0 Å². The van der Waals surface area contributed by atoms with Gasteiger partial charge in [-0.05, 0) is 31.2 Å². The van der Waals surface area contributed by atoms with Crippen molar-refractivity contribution in [2.24, 2.45) is 0 Å². The van der Waals surface area contributed by atoms with Gasteiger partial charge in [0.2, 0.25) is 0 Å². The van der Waals surface area contributed by atoms with Crippen molar-refractivity contribution in [3.8, 4) is 0 Å². The first kappa shape index (κ1) is 14.6. The first-order valence-corrected chi connectivity index (χ1v) is 8.43. The van der Waals surface area contributed by atoms with Crippen molar-refractivity contribution in [1.82, 2.24) is 0 Å². The fraction of sp³-hybridized carbons (Fsp3) is 0.684. The maximum absolute atomic E-state index is 2.41. The summed E-state index contributed by atoms with van der Waals surface area (Å²) in [6.07, 6.45) is 15.9. The molecule has 0 unspecified atom stereocenters. The van der Waals surface area contributed by atoms with E-state index in [0.717, 1.165) is 5.92 Å². The van der Waals surface area contributed by atoms with Gasteiger partial charge in [0.15, 0.2) is 0 Å². The lowest BCUT2D eigenvalue weighted by Crippen LogP contribution is -2.01. The Kier molecular flexibility index (Phi) is 6.47. The highest BCUT2D eigenvalue weighted by atomic mass is 14.2. The van der Waals surface area contributed by atoms with Gasteiger partial charge in [0.25, 0.3) is 0 Å². The van der Waals surface area contributed by atoms with Gasteiger partial charge in [-0.3, -0.25) is 0 Å². The van der Waals surface area contributed by atoms with Crippen LogP contribution in [0.5, 0.6) is 0 Å². The van der Waals surface area contributed by atoms with Crippen molar-refractivity contribution in [3.63, 3.8) is 0 Å². The van der Waals surface area contributed by atoms with Crippen molar-refractivity contribution in [3.05, 3.63) is 35.4 Å². The van der Waals surface area contributed by atoms with E-state index in [1.807, 2.05) is 0 Å². The Bertz CT molecular complexity index is 341. The van der Waals surface area contributed by atoms with Crippen LogP contribution in [0.25, 0.3) is 0 Å². The van der Waals surface area contributed by atoms with Crippen LogP contribution in [0.1, 0.15) is 87.7 Å². The molecule has 106 valence electrons. The summed E-state index contributed by atoms with van der Waals surface area (Å²) < 4.78 is 0. The molecule has 0 heteroatoms. The smallest absolute Gasteiger partial charge is 0.0162 e. The molecule has 0 amide bonds. The van der Waals surface area contributed by atoms with E-state index >= 15 is 0 Å². The summed E-state index contributed by atoms with van der Waals surface area (Å²) in [7, 11) is 0. The van der Waals surface area contributed by atoms with E-state index in [1.54, 1.807) is 5.56 Å². The first-order valence-electron chi connectivity index (χ1n) is 8.43. The fourth-order valence-corrected chi connectivity index (χ4v) is 3.42. The maximum atomic E-state index is 2.41. The lowest BCUT2D eigenvalue weighted by atomic mass is 9.87. The number of aryl methyl sites for hydroxylation is 1. The minimum atomic E-state index is 0.819. The Morgan fingerprint density at radius 1 is 0.737 bits per heavy atom. The predicted molar refractivity (Wildman–Crippen MR) is 84.7 cm³/mol. The van der Waals surface area contributed by atoms with Crippen LogP contribution in [0.2, 0.25) is 0 Å². The summed E-state index contributed by atoms with van der Waals surface area (Å²) >= 11 is 0. The highest BCUT2D eigenvalue weighted by Crippen LogP contribution is 2.29. The molecule has 2 rings (SSSR count). The van der Waals surface area contributed by atoms with Gasteiger partial charge in [0.1, 0.15) is 0 Å². The minimum Gasteiger partial charge on any atom is -0.0617 e. The van der Waals surface area contributed by atoms with Gasteiger partial charge in [-0.2, -0.15) is 0 Å². The van der Waals surface area contributed by atoms with E-state index in [1.165, 1.54) is 76.2 Å². The van der Waals surface area contributed by atoms with Gasteiger partial charge in [-0.1, -0.05) is 87.6 Å². The predicted octanol–water partition coefficient (Wildman–Crippen LogP) is 6.38. The highest BCUT2D eigenvalue weighted by molar-refractivity contribution is 5.25. The zero-order chi connectivity index (χ0) is 13.3.